The van der Waals surface area contributed by atoms with Gasteiger partial charge in [0.1, 0.15) is 0 Å². The Balaban J connectivity index is 2.78. The Labute approximate surface area is 75.5 Å². The highest BCUT2D eigenvalue weighted by molar-refractivity contribution is 7.84. The maximum atomic E-state index is 11.0. The predicted octanol–water partition coefficient (Wildman–Crippen LogP) is 1.31. The van der Waals surface area contributed by atoms with Crippen LogP contribution < -0.4 is 5.32 Å². The molecule has 0 bridgehead atoms. The molecule has 1 aliphatic rings. The SMILES string of the molecule is CC1=C(C[S@](C)=O)C=CC=CN1. The summed E-state index contributed by atoms with van der Waals surface area (Å²) in [6.45, 7) is 1.99. The third-order valence-electron chi connectivity index (χ3n) is 1.65. The second-order valence-corrected chi connectivity index (χ2v) is 4.17. The van der Waals surface area contributed by atoms with E-state index in [2.05, 4.69) is 5.32 Å². The van der Waals surface area contributed by atoms with Crippen LogP contribution in [0.3, 0.4) is 0 Å². The molecule has 0 saturated carbocycles. The van der Waals surface area contributed by atoms with Gasteiger partial charge in [0.25, 0.3) is 0 Å². The average Bonchev–Trinajstić information content (AvgIpc) is 2.16. The van der Waals surface area contributed by atoms with E-state index in [1.807, 2.05) is 31.4 Å². The molecule has 1 N–H and O–H groups in total. The van der Waals surface area contributed by atoms with Gasteiger partial charge in [-0.25, -0.2) is 0 Å². The van der Waals surface area contributed by atoms with Crippen molar-refractivity contribution < 1.29 is 4.21 Å². The summed E-state index contributed by atoms with van der Waals surface area (Å²) in [5.41, 5.74) is 2.19. The Hall–Kier alpha value is -0.830. The third kappa shape index (κ3) is 2.66. The zero-order chi connectivity index (χ0) is 8.97. The molecule has 0 aromatic carbocycles. The first-order valence-corrected chi connectivity index (χ1v) is 5.52. The lowest BCUT2D eigenvalue weighted by Gasteiger charge is -2.04. The van der Waals surface area contributed by atoms with Crippen molar-refractivity contribution >= 4 is 10.8 Å². The minimum atomic E-state index is -0.768. The molecule has 1 rings (SSSR count). The Bertz CT molecular complexity index is 276. The van der Waals surface area contributed by atoms with Crippen LogP contribution in [0.15, 0.2) is 35.7 Å². The molecule has 0 saturated heterocycles. The lowest BCUT2D eigenvalue weighted by Crippen LogP contribution is -2.07. The van der Waals surface area contributed by atoms with Gasteiger partial charge in [0.2, 0.25) is 0 Å². The van der Waals surface area contributed by atoms with Crippen molar-refractivity contribution in [2.45, 2.75) is 6.92 Å². The highest BCUT2D eigenvalue weighted by Gasteiger charge is 2.01. The lowest BCUT2D eigenvalue weighted by molar-refractivity contribution is 0.688. The summed E-state index contributed by atoms with van der Waals surface area (Å²) >= 11 is 0. The van der Waals surface area contributed by atoms with Crippen molar-refractivity contribution in [3.05, 3.63) is 35.7 Å². The van der Waals surface area contributed by atoms with Crippen LogP contribution in [-0.4, -0.2) is 16.2 Å². The molecule has 0 aliphatic carbocycles. The average molecular weight is 183 g/mol. The molecule has 12 heavy (non-hydrogen) atoms. The highest BCUT2D eigenvalue weighted by Crippen LogP contribution is 2.07. The van der Waals surface area contributed by atoms with Gasteiger partial charge in [-0.3, -0.25) is 4.21 Å². The van der Waals surface area contributed by atoms with E-state index >= 15 is 0 Å². The van der Waals surface area contributed by atoms with Gasteiger partial charge in [0.05, 0.1) is 0 Å². The summed E-state index contributed by atoms with van der Waals surface area (Å²) in [6.07, 6.45) is 9.46. The maximum absolute atomic E-state index is 11.0. The topological polar surface area (TPSA) is 29.1 Å². The van der Waals surface area contributed by atoms with Crippen LogP contribution in [0.25, 0.3) is 0 Å². The Morgan fingerprint density at radius 3 is 2.92 bits per heavy atom. The molecule has 0 spiro atoms. The normalized spacial score (nSPS) is 18.8. The summed E-state index contributed by atoms with van der Waals surface area (Å²) in [4.78, 5) is 0. The molecular weight excluding hydrogens is 170 g/mol. The van der Waals surface area contributed by atoms with Crippen molar-refractivity contribution in [2.75, 3.05) is 12.0 Å². The molecule has 66 valence electrons. The minimum absolute atomic E-state index is 0.622. The maximum Gasteiger partial charge on any atom is 0.0499 e. The van der Waals surface area contributed by atoms with Crippen LogP contribution in [0.2, 0.25) is 0 Å². The van der Waals surface area contributed by atoms with Gasteiger partial charge < -0.3 is 5.32 Å². The predicted molar refractivity (Wildman–Crippen MR) is 53.0 cm³/mol. The summed E-state index contributed by atoms with van der Waals surface area (Å²) in [6, 6.07) is 0. The number of nitrogens with one attached hydrogen (secondary N) is 1. The third-order valence-corrected chi connectivity index (χ3v) is 2.36. The second-order valence-electron chi connectivity index (χ2n) is 2.73. The van der Waals surface area contributed by atoms with Crippen LogP contribution in [0.5, 0.6) is 0 Å². The summed E-state index contributed by atoms with van der Waals surface area (Å²) in [5.74, 6) is 0.622. The molecule has 0 radical (unpaired) electrons. The van der Waals surface area contributed by atoms with E-state index in [9.17, 15) is 4.21 Å². The quantitative estimate of drug-likeness (QED) is 0.699. The monoisotopic (exact) mass is 183 g/mol. The van der Waals surface area contributed by atoms with Crippen molar-refractivity contribution in [3.8, 4) is 0 Å². The Morgan fingerprint density at radius 1 is 1.50 bits per heavy atom. The molecule has 1 atom stereocenters. The zero-order valence-electron chi connectivity index (χ0n) is 7.33. The van der Waals surface area contributed by atoms with Gasteiger partial charge in [-0.2, -0.15) is 0 Å². The van der Waals surface area contributed by atoms with Crippen LogP contribution in [0.4, 0.5) is 0 Å². The van der Waals surface area contributed by atoms with E-state index in [1.165, 1.54) is 0 Å². The smallest absolute Gasteiger partial charge is 0.0499 e. The van der Waals surface area contributed by atoms with Crippen LogP contribution in [0, 0.1) is 0 Å². The molecule has 2 nitrogen and oxygen atoms in total. The number of rotatable bonds is 2. The molecule has 0 amide bonds. The van der Waals surface area contributed by atoms with Gasteiger partial charge in [0.15, 0.2) is 0 Å². The largest absolute Gasteiger partial charge is 0.365 e. The van der Waals surface area contributed by atoms with Gasteiger partial charge in [-0.1, -0.05) is 12.2 Å². The minimum Gasteiger partial charge on any atom is -0.365 e. The first kappa shape index (κ1) is 9.26. The fourth-order valence-electron chi connectivity index (χ4n) is 0.993. The van der Waals surface area contributed by atoms with Crippen LogP contribution >= 0.6 is 0 Å². The summed E-state index contributed by atoms with van der Waals surface area (Å²) in [7, 11) is -0.768. The fourth-order valence-corrected chi connectivity index (χ4v) is 1.74. The van der Waals surface area contributed by atoms with Gasteiger partial charge in [0, 0.05) is 34.7 Å². The first-order chi connectivity index (χ1) is 5.70. The van der Waals surface area contributed by atoms with Gasteiger partial charge in [-0.05, 0) is 18.6 Å². The lowest BCUT2D eigenvalue weighted by atomic mass is 10.2. The molecule has 1 heterocycles. The van der Waals surface area contributed by atoms with E-state index in [0.717, 1.165) is 11.3 Å². The van der Waals surface area contributed by atoms with Gasteiger partial charge in [-0.15, -0.1) is 0 Å². The van der Waals surface area contributed by atoms with E-state index in [1.54, 1.807) is 6.26 Å². The van der Waals surface area contributed by atoms with E-state index in [4.69, 9.17) is 0 Å². The fraction of sp³-hybridized carbons (Fsp3) is 0.333. The van der Waals surface area contributed by atoms with Crippen molar-refractivity contribution in [3.63, 3.8) is 0 Å². The first-order valence-electron chi connectivity index (χ1n) is 3.79. The highest BCUT2D eigenvalue weighted by atomic mass is 32.2. The molecule has 1 aliphatic heterocycles. The zero-order valence-corrected chi connectivity index (χ0v) is 8.15. The van der Waals surface area contributed by atoms with Crippen molar-refractivity contribution in [1.82, 2.24) is 5.32 Å². The van der Waals surface area contributed by atoms with Crippen molar-refractivity contribution in [1.29, 1.82) is 0 Å². The number of allylic oxidation sites excluding steroid dienone is 4. The molecule has 0 aromatic rings. The number of hydrogen-bond acceptors (Lipinski definition) is 2. The molecule has 0 aromatic heterocycles. The second kappa shape index (κ2) is 4.26. The van der Waals surface area contributed by atoms with E-state index in [-0.39, 0.29) is 0 Å². The van der Waals surface area contributed by atoms with Crippen molar-refractivity contribution in [2.24, 2.45) is 0 Å². The standard InChI is InChI=1S/C9H13NOS/c1-8-9(7-12(2)11)5-3-4-6-10-8/h3-6,10H,7H2,1-2H3/t12-/m0/s1. The van der Waals surface area contributed by atoms with Gasteiger partial charge >= 0.3 is 0 Å². The van der Waals surface area contributed by atoms with E-state index < -0.39 is 10.8 Å². The number of hydrogen-bond donors (Lipinski definition) is 1. The molecule has 0 unspecified atom stereocenters. The van der Waals surface area contributed by atoms with E-state index in [0.29, 0.717) is 5.75 Å². The summed E-state index contributed by atoms with van der Waals surface area (Å²) < 4.78 is 11.0. The Morgan fingerprint density at radius 2 is 2.25 bits per heavy atom. The Kier molecular flexibility index (Phi) is 3.29. The molecular formula is C9H13NOS. The molecule has 3 heteroatoms. The molecule has 0 fully saturated rings. The van der Waals surface area contributed by atoms with Crippen LogP contribution in [0.1, 0.15) is 6.92 Å². The van der Waals surface area contributed by atoms with Crippen LogP contribution in [-0.2, 0) is 10.8 Å². The summed E-state index contributed by atoms with van der Waals surface area (Å²) in [5, 5.41) is 3.10.